The molecule has 0 radical (unpaired) electrons. The summed E-state index contributed by atoms with van der Waals surface area (Å²) in [4.78, 5) is 22.8. The number of hydrogen-bond donors (Lipinski definition) is 2. The Balaban J connectivity index is 0. The Morgan fingerprint density at radius 1 is 1.32 bits per heavy atom. The molecule has 22 heavy (non-hydrogen) atoms. The van der Waals surface area contributed by atoms with E-state index in [-0.39, 0.29) is 11.5 Å². The second-order valence-electron chi connectivity index (χ2n) is 6.00. The van der Waals surface area contributed by atoms with Crippen LogP contribution < -0.4 is 5.32 Å². The summed E-state index contributed by atoms with van der Waals surface area (Å²) in [6.07, 6.45) is 3.57. The van der Waals surface area contributed by atoms with Gasteiger partial charge in [0, 0.05) is 31.1 Å². The Labute approximate surface area is 139 Å². The minimum Gasteiger partial charge on any atom is -0.450 e. The largest absolute Gasteiger partial charge is 0.450 e. The van der Waals surface area contributed by atoms with Crippen LogP contribution in [0.15, 0.2) is 11.1 Å². The number of nitrogens with two attached hydrogens (primary N) is 1. The van der Waals surface area contributed by atoms with Gasteiger partial charge in [-0.3, -0.25) is 4.79 Å². The molecule has 0 aromatic carbocycles. The molecule has 0 bridgehead atoms. The Kier molecular flexibility index (Phi) is 11.4. The number of carbonyl (C=O) groups is 2. The average Bonchev–Trinajstić information content (AvgIpc) is 2.73. The molecule has 1 aliphatic heterocycles. The Bertz CT molecular complexity index is 388. The molecule has 0 fully saturated rings. The van der Waals surface area contributed by atoms with Crippen LogP contribution >= 0.6 is 11.6 Å². The van der Waals surface area contributed by atoms with Crippen molar-refractivity contribution in [3.63, 3.8) is 0 Å². The van der Waals surface area contributed by atoms with Gasteiger partial charge in [0.25, 0.3) is 0 Å². The fourth-order valence-electron chi connectivity index (χ4n) is 2.32. The Hall–Kier alpha value is -0.910. The van der Waals surface area contributed by atoms with Gasteiger partial charge in [-0.15, -0.1) is 11.6 Å². The van der Waals surface area contributed by atoms with Gasteiger partial charge < -0.3 is 15.2 Å². The normalized spacial score (nSPS) is 20.5. The summed E-state index contributed by atoms with van der Waals surface area (Å²) in [6.45, 7) is 10.8. The van der Waals surface area contributed by atoms with Gasteiger partial charge in [-0.25, -0.2) is 4.79 Å². The lowest BCUT2D eigenvalue weighted by atomic mass is 9.87. The van der Waals surface area contributed by atoms with Gasteiger partial charge in [-0.1, -0.05) is 6.92 Å². The van der Waals surface area contributed by atoms with Crippen molar-refractivity contribution in [2.24, 2.45) is 0 Å². The number of aliphatic hydroxyl groups is 1. The van der Waals surface area contributed by atoms with Crippen molar-refractivity contribution in [3.8, 4) is 0 Å². The van der Waals surface area contributed by atoms with Crippen LogP contribution in [0.5, 0.6) is 0 Å². The molecule has 0 spiro atoms. The maximum absolute atomic E-state index is 11.6. The number of rotatable bonds is 5. The van der Waals surface area contributed by atoms with E-state index in [2.05, 4.69) is 37.7 Å². The first-order chi connectivity index (χ1) is 10.3. The minimum atomic E-state index is -0.704. The van der Waals surface area contributed by atoms with E-state index >= 15 is 0 Å². The van der Waals surface area contributed by atoms with Crippen molar-refractivity contribution in [1.82, 2.24) is 0 Å². The molecule has 0 saturated carbocycles. The first-order valence-corrected chi connectivity index (χ1v) is 8.08. The zero-order valence-electron chi connectivity index (χ0n) is 14.8. The van der Waals surface area contributed by atoms with E-state index in [1.807, 2.05) is 6.92 Å². The zero-order valence-corrected chi connectivity index (χ0v) is 15.6. The second-order valence-corrected chi connectivity index (χ2v) is 6.00. The van der Waals surface area contributed by atoms with E-state index < -0.39 is 5.60 Å². The monoisotopic (exact) mass is 336 g/mol. The van der Waals surface area contributed by atoms with Crippen LogP contribution in [0.1, 0.15) is 47.5 Å². The molecule has 6 heteroatoms. The van der Waals surface area contributed by atoms with Gasteiger partial charge in [0.15, 0.2) is 6.29 Å². The van der Waals surface area contributed by atoms with Crippen LogP contribution in [-0.4, -0.2) is 48.5 Å². The molecule has 5 nitrogen and oxygen atoms in total. The topological polar surface area (TPSA) is 80.2 Å². The van der Waals surface area contributed by atoms with Gasteiger partial charge in [-0.2, -0.15) is 0 Å². The summed E-state index contributed by atoms with van der Waals surface area (Å²) in [6, 6.07) is 0. The number of aliphatic hydroxyl groups excluding tert-OH is 1. The van der Waals surface area contributed by atoms with Crippen LogP contribution in [0, 0.1) is 0 Å². The number of aldehydes is 1. The molecule has 3 N–H and O–H groups in total. The molecular weight excluding hydrogens is 306 g/mol. The molecule has 0 saturated heterocycles. The number of hydrogen-bond acceptors (Lipinski definition) is 4. The molecule has 0 aliphatic carbocycles. The predicted molar refractivity (Wildman–Crippen MR) is 89.0 cm³/mol. The van der Waals surface area contributed by atoms with Crippen LogP contribution in [-0.2, 0) is 14.3 Å². The van der Waals surface area contributed by atoms with E-state index in [0.29, 0.717) is 24.0 Å². The number of halogens is 1. The molecule has 0 aromatic rings. The molecule has 1 aliphatic rings. The van der Waals surface area contributed by atoms with Gasteiger partial charge in [0.2, 0.25) is 0 Å². The maximum atomic E-state index is 11.6. The van der Waals surface area contributed by atoms with Crippen molar-refractivity contribution < 1.29 is 24.7 Å². The molecule has 1 rings (SSSR count). The quantitative estimate of drug-likeness (QED) is 0.452. The highest BCUT2D eigenvalue weighted by Crippen LogP contribution is 2.36. The number of carbonyl (C=O) groups excluding carboxylic acids is 2. The summed E-state index contributed by atoms with van der Waals surface area (Å²) in [7, 11) is 1.00. The maximum Gasteiger partial charge on any atom is 0.335 e. The fourth-order valence-corrected chi connectivity index (χ4v) is 2.32. The van der Waals surface area contributed by atoms with E-state index in [1.54, 1.807) is 6.92 Å². The van der Waals surface area contributed by atoms with E-state index in [9.17, 15) is 9.59 Å². The first kappa shape index (κ1) is 23.4. The van der Waals surface area contributed by atoms with Gasteiger partial charge in [0.1, 0.15) is 5.60 Å². The predicted octanol–water partition coefficient (Wildman–Crippen LogP) is 1.42. The number of esters is 1. The smallest absolute Gasteiger partial charge is 0.335 e. The molecule has 1 unspecified atom stereocenters. The van der Waals surface area contributed by atoms with Crippen LogP contribution in [0.2, 0.25) is 0 Å². The molecule has 0 aromatic heterocycles. The van der Waals surface area contributed by atoms with Crippen LogP contribution in [0.3, 0.4) is 0 Å². The summed E-state index contributed by atoms with van der Waals surface area (Å²) in [5.41, 5.74) is 0.419. The summed E-state index contributed by atoms with van der Waals surface area (Å²) in [5, 5.41) is 9.20. The van der Waals surface area contributed by atoms with Gasteiger partial charge in [-0.05, 0) is 34.1 Å². The molecule has 1 heterocycles. The lowest BCUT2D eigenvalue weighted by Gasteiger charge is -2.28. The number of quaternary nitrogens is 1. The molecule has 0 amide bonds. The Morgan fingerprint density at radius 2 is 1.82 bits per heavy atom. The third-order valence-electron chi connectivity index (χ3n) is 3.48. The van der Waals surface area contributed by atoms with E-state index in [1.165, 1.54) is 6.38 Å². The Morgan fingerprint density at radius 3 is 2.18 bits per heavy atom. The molecule has 1 atom stereocenters. The highest BCUT2D eigenvalue weighted by molar-refractivity contribution is 6.15. The zero-order chi connectivity index (χ0) is 18.0. The lowest BCUT2D eigenvalue weighted by Crippen LogP contribution is -2.94. The van der Waals surface area contributed by atoms with Crippen LogP contribution in [0.25, 0.3) is 0 Å². The van der Waals surface area contributed by atoms with Crippen molar-refractivity contribution in [3.05, 3.63) is 11.1 Å². The highest BCUT2D eigenvalue weighted by Gasteiger charge is 2.45. The minimum absolute atomic E-state index is 0.137. The van der Waals surface area contributed by atoms with E-state index in [4.69, 9.17) is 9.84 Å². The first-order valence-electron chi connectivity index (χ1n) is 7.32. The number of cyclic esters (lactones) is 1. The van der Waals surface area contributed by atoms with Crippen molar-refractivity contribution in [1.29, 1.82) is 0 Å². The van der Waals surface area contributed by atoms with E-state index in [0.717, 1.165) is 19.9 Å². The number of alkyl halides is 1. The highest BCUT2D eigenvalue weighted by atomic mass is 35.5. The SMILES string of the molecule is CCC1(CC[NH2+]C(C)(C)C)OC(=O)C(C)=C1C=O.CCl.CO. The number of ether oxygens (including phenoxy) is 1. The van der Waals surface area contributed by atoms with Crippen molar-refractivity contribution in [2.45, 2.75) is 58.6 Å². The molecule has 130 valence electrons. The average molecular weight is 337 g/mol. The lowest BCUT2D eigenvalue weighted by molar-refractivity contribution is -0.718. The third-order valence-corrected chi connectivity index (χ3v) is 3.48. The molecular formula is C16H31ClNO4+. The van der Waals surface area contributed by atoms with Crippen LogP contribution in [0.4, 0.5) is 0 Å². The van der Waals surface area contributed by atoms with Gasteiger partial charge in [0.05, 0.1) is 12.1 Å². The third kappa shape index (κ3) is 6.46. The summed E-state index contributed by atoms with van der Waals surface area (Å²) in [5.74, 6) is -0.352. The standard InChI is InChI=1S/C14H23NO3.CH3Cl.CH4O/c1-6-14(7-8-15-13(3,4)5)11(9-16)10(2)12(17)18-14;2*1-2/h9,15H,6-8H2,1-5H3;1H3;2H,1H3/p+1. The summed E-state index contributed by atoms with van der Waals surface area (Å²) >= 11 is 4.64. The second kappa shape index (κ2) is 10.8. The van der Waals surface area contributed by atoms with Gasteiger partial charge >= 0.3 is 5.97 Å². The van der Waals surface area contributed by atoms with Crippen molar-refractivity contribution >= 4 is 23.9 Å². The van der Waals surface area contributed by atoms with Crippen molar-refractivity contribution in [2.75, 3.05) is 20.0 Å². The fraction of sp³-hybridized carbons (Fsp3) is 0.750. The summed E-state index contributed by atoms with van der Waals surface area (Å²) < 4.78 is 5.46.